The van der Waals surface area contributed by atoms with Crippen molar-refractivity contribution in [1.29, 1.82) is 0 Å². The quantitative estimate of drug-likeness (QED) is 0.223. The van der Waals surface area contributed by atoms with Crippen LogP contribution in [0.3, 0.4) is 0 Å². The standard InChI is InChI=1S/C21H27N5S.HI/c1-4-22-21(25(2)15-17-8-10-19(27-3)11-9-17)23-13-12-18-16-26-14-6-5-7-20(26)24-18;/h5-11,14,16H,4,12-13,15H2,1-3H3,(H,22,23);1H. The maximum absolute atomic E-state index is 4.79. The van der Waals surface area contributed by atoms with Crippen LogP contribution in [0.5, 0.6) is 0 Å². The molecule has 0 saturated carbocycles. The molecule has 0 bridgehead atoms. The van der Waals surface area contributed by atoms with E-state index in [9.17, 15) is 0 Å². The second-order valence-corrected chi connectivity index (χ2v) is 7.27. The SMILES string of the molecule is CCNC(=NCCc1cn2ccccc2n1)N(C)Cc1ccc(SC)cc1.I. The number of halogens is 1. The zero-order valence-electron chi connectivity index (χ0n) is 16.6. The molecule has 1 N–H and O–H groups in total. The number of hydrogen-bond donors (Lipinski definition) is 1. The van der Waals surface area contributed by atoms with Crippen LogP contribution in [0.2, 0.25) is 0 Å². The van der Waals surface area contributed by atoms with E-state index in [1.807, 2.05) is 24.4 Å². The number of aromatic nitrogens is 2. The maximum atomic E-state index is 4.79. The third kappa shape index (κ3) is 6.13. The van der Waals surface area contributed by atoms with E-state index in [4.69, 9.17) is 4.99 Å². The van der Waals surface area contributed by atoms with Gasteiger partial charge in [0.1, 0.15) is 5.65 Å². The Morgan fingerprint density at radius 2 is 2.00 bits per heavy atom. The summed E-state index contributed by atoms with van der Waals surface area (Å²) in [5.74, 6) is 0.926. The third-order valence-corrected chi connectivity index (χ3v) is 5.06. The van der Waals surface area contributed by atoms with E-state index in [1.165, 1.54) is 10.5 Å². The summed E-state index contributed by atoms with van der Waals surface area (Å²) in [4.78, 5) is 12.9. The number of nitrogens with one attached hydrogen (secondary N) is 1. The smallest absolute Gasteiger partial charge is 0.193 e. The first-order chi connectivity index (χ1) is 13.2. The molecule has 0 aliphatic rings. The van der Waals surface area contributed by atoms with E-state index in [-0.39, 0.29) is 24.0 Å². The topological polar surface area (TPSA) is 44.9 Å². The average Bonchev–Trinajstić information content (AvgIpc) is 3.10. The van der Waals surface area contributed by atoms with Gasteiger partial charge in [0.05, 0.1) is 5.69 Å². The number of thioether (sulfide) groups is 1. The molecule has 5 nitrogen and oxygen atoms in total. The van der Waals surface area contributed by atoms with Crippen LogP contribution in [0.1, 0.15) is 18.2 Å². The minimum Gasteiger partial charge on any atom is -0.357 e. The number of benzene rings is 1. The van der Waals surface area contributed by atoms with Crippen molar-refractivity contribution in [3.63, 3.8) is 0 Å². The molecule has 0 atom stereocenters. The van der Waals surface area contributed by atoms with E-state index in [2.05, 4.69) is 70.3 Å². The Morgan fingerprint density at radius 1 is 1.21 bits per heavy atom. The molecule has 150 valence electrons. The Balaban J connectivity index is 0.00000280. The third-order valence-electron chi connectivity index (χ3n) is 4.32. The lowest BCUT2D eigenvalue weighted by molar-refractivity contribution is 0.477. The fourth-order valence-electron chi connectivity index (χ4n) is 2.93. The van der Waals surface area contributed by atoms with Gasteiger partial charge in [0.25, 0.3) is 0 Å². The fourth-order valence-corrected chi connectivity index (χ4v) is 3.34. The van der Waals surface area contributed by atoms with Crippen LogP contribution in [0.15, 0.2) is 64.7 Å². The molecule has 0 amide bonds. The summed E-state index contributed by atoms with van der Waals surface area (Å²) >= 11 is 1.76. The van der Waals surface area contributed by atoms with Crippen LogP contribution < -0.4 is 5.32 Å². The summed E-state index contributed by atoms with van der Waals surface area (Å²) in [7, 11) is 2.08. The predicted octanol–water partition coefficient (Wildman–Crippen LogP) is 4.31. The molecule has 0 unspecified atom stereocenters. The highest BCUT2D eigenvalue weighted by Gasteiger charge is 2.07. The number of pyridine rings is 1. The Bertz CT molecular complexity index is 858. The van der Waals surface area contributed by atoms with Gasteiger partial charge in [0, 0.05) is 50.4 Å². The minimum absolute atomic E-state index is 0. The summed E-state index contributed by atoms with van der Waals surface area (Å²) in [5, 5.41) is 3.38. The van der Waals surface area contributed by atoms with Gasteiger partial charge in [0.2, 0.25) is 0 Å². The molecule has 2 heterocycles. The number of hydrogen-bond acceptors (Lipinski definition) is 3. The number of rotatable bonds is 7. The molecular weight excluding hydrogens is 481 g/mol. The molecule has 2 aromatic heterocycles. The second-order valence-electron chi connectivity index (χ2n) is 6.39. The molecule has 0 saturated heterocycles. The van der Waals surface area contributed by atoms with Gasteiger partial charge in [-0.1, -0.05) is 18.2 Å². The Hall–Kier alpha value is -1.74. The largest absolute Gasteiger partial charge is 0.357 e. The second kappa shape index (κ2) is 11.3. The number of imidazole rings is 1. The van der Waals surface area contributed by atoms with Crippen molar-refractivity contribution in [3.8, 4) is 0 Å². The van der Waals surface area contributed by atoms with Crippen LogP contribution in [0, 0.1) is 0 Å². The molecule has 3 aromatic rings. The van der Waals surface area contributed by atoms with E-state index in [0.717, 1.165) is 36.8 Å². The van der Waals surface area contributed by atoms with Gasteiger partial charge in [-0.2, -0.15) is 0 Å². The number of guanidine groups is 1. The molecule has 1 aromatic carbocycles. The van der Waals surface area contributed by atoms with Gasteiger partial charge in [0.15, 0.2) is 5.96 Å². The van der Waals surface area contributed by atoms with E-state index < -0.39 is 0 Å². The fraction of sp³-hybridized carbons (Fsp3) is 0.333. The monoisotopic (exact) mass is 509 g/mol. The summed E-state index contributed by atoms with van der Waals surface area (Å²) in [5.41, 5.74) is 3.33. The normalized spacial score (nSPS) is 11.3. The van der Waals surface area contributed by atoms with Crippen molar-refractivity contribution in [2.24, 2.45) is 4.99 Å². The van der Waals surface area contributed by atoms with E-state index >= 15 is 0 Å². The first-order valence-corrected chi connectivity index (χ1v) is 10.5. The number of fused-ring (bicyclic) bond motifs is 1. The lowest BCUT2D eigenvalue weighted by Crippen LogP contribution is -2.38. The van der Waals surface area contributed by atoms with Gasteiger partial charge in [-0.25, -0.2) is 4.98 Å². The molecular formula is C21H28IN5S. The predicted molar refractivity (Wildman–Crippen MR) is 130 cm³/mol. The molecule has 7 heteroatoms. The van der Waals surface area contributed by atoms with Gasteiger partial charge < -0.3 is 14.6 Å². The lowest BCUT2D eigenvalue weighted by Gasteiger charge is -2.22. The average molecular weight is 509 g/mol. The molecule has 0 fully saturated rings. The van der Waals surface area contributed by atoms with Gasteiger partial charge >= 0.3 is 0 Å². The summed E-state index contributed by atoms with van der Waals surface area (Å²) in [6, 6.07) is 14.7. The van der Waals surface area contributed by atoms with Gasteiger partial charge in [-0.05, 0) is 43.0 Å². The summed E-state index contributed by atoms with van der Waals surface area (Å²) in [6.07, 6.45) is 7.02. The molecule has 0 aliphatic carbocycles. The van der Waals surface area contributed by atoms with Crippen molar-refractivity contribution >= 4 is 47.3 Å². The van der Waals surface area contributed by atoms with E-state index in [1.54, 1.807) is 11.8 Å². The van der Waals surface area contributed by atoms with Gasteiger partial charge in [-0.15, -0.1) is 35.7 Å². The number of aliphatic imine (C=N–C) groups is 1. The van der Waals surface area contributed by atoms with Crippen molar-refractivity contribution in [2.75, 3.05) is 26.4 Å². The highest BCUT2D eigenvalue weighted by Crippen LogP contribution is 2.15. The first kappa shape index (κ1) is 22.5. The highest BCUT2D eigenvalue weighted by atomic mass is 127. The minimum atomic E-state index is 0. The Labute approximate surface area is 188 Å². The first-order valence-electron chi connectivity index (χ1n) is 9.24. The van der Waals surface area contributed by atoms with Crippen LogP contribution >= 0.6 is 35.7 Å². The van der Waals surface area contributed by atoms with Crippen molar-refractivity contribution in [1.82, 2.24) is 19.6 Å². The number of nitrogens with zero attached hydrogens (tertiary/aromatic N) is 4. The highest BCUT2D eigenvalue weighted by molar-refractivity contribution is 14.0. The lowest BCUT2D eigenvalue weighted by atomic mass is 10.2. The molecule has 0 spiro atoms. The van der Waals surface area contributed by atoms with Crippen molar-refractivity contribution < 1.29 is 0 Å². The molecule has 0 radical (unpaired) electrons. The molecule has 3 rings (SSSR count). The zero-order valence-corrected chi connectivity index (χ0v) is 19.8. The van der Waals surface area contributed by atoms with E-state index in [0.29, 0.717) is 6.54 Å². The van der Waals surface area contributed by atoms with Crippen LogP contribution in [-0.4, -0.2) is 46.6 Å². The van der Waals surface area contributed by atoms with Crippen LogP contribution in [0.4, 0.5) is 0 Å². The van der Waals surface area contributed by atoms with Crippen molar-refractivity contribution in [3.05, 3.63) is 66.1 Å². The summed E-state index contributed by atoms with van der Waals surface area (Å²) < 4.78 is 2.05. The van der Waals surface area contributed by atoms with Crippen LogP contribution in [0.25, 0.3) is 5.65 Å². The molecule has 28 heavy (non-hydrogen) atoms. The Morgan fingerprint density at radius 3 is 2.68 bits per heavy atom. The summed E-state index contributed by atoms with van der Waals surface area (Å²) in [6.45, 7) is 4.48. The molecule has 0 aliphatic heterocycles. The van der Waals surface area contributed by atoms with Gasteiger partial charge in [-0.3, -0.25) is 4.99 Å². The van der Waals surface area contributed by atoms with Crippen LogP contribution in [-0.2, 0) is 13.0 Å². The Kier molecular flexibility index (Phi) is 9.11. The maximum Gasteiger partial charge on any atom is 0.193 e. The zero-order chi connectivity index (χ0) is 19.1. The van der Waals surface area contributed by atoms with Crippen molar-refractivity contribution in [2.45, 2.75) is 24.8 Å².